The lowest BCUT2D eigenvalue weighted by molar-refractivity contribution is -0.143. The number of fused-ring (bicyclic) bond motifs is 2. The lowest BCUT2D eigenvalue weighted by atomic mass is 9.88. The average Bonchev–Trinajstić information content (AvgIpc) is 3.07. The van der Waals surface area contributed by atoms with Crippen LogP contribution in [-0.4, -0.2) is 23.6 Å². The van der Waals surface area contributed by atoms with Gasteiger partial charge in [0.1, 0.15) is 0 Å². The highest BCUT2D eigenvalue weighted by atomic mass is 19.4. The predicted molar refractivity (Wildman–Crippen MR) is 125 cm³/mol. The Hall–Kier alpha value is -2.59. The van der Waals surface area contributed by atoms with E-state index in [0.29, 0.717) is 37.9 Å². The van der Waals surface area contributed by atoms with E-state index in [0.717, 1.165) is 16.7 Å². The molecule has 0 aromatic heterocycles. The first-order chi connectivity index (χ1) is 17.2. The fourth-order valence-corrected chi connectivity index (χ4v) is 5.53. The fraction of sp³-hybridized carbons (Fsp3) is 0.519. The normalized spacial score (nSPS) is 25.8. The molecule has 2 aliphatic heterocycles. The summed E-state index contributed by atoms with van der Waals surface area (Å²) in [5, 5.41) is 6.44. The molecular formula is C27H30F6N2O2. The molecular weight excluding hydrogens is 498 g/mol. The van der Waals surface area contributed by atoms with Crippen LogP contribution in [0.3, 0.4) is 0 Å². The Kier molecular flexibility index (Phi) is 7.38. The summed E-state index contributed by atoms with van der Waals surface area (Å²) in [5.74, 6) is -0.399. The third-order valence-electron chi connectivity index (χ3n) is 7.48. The molecule has 2 N–H and O–H groups in total. The van der Waals surface area contributed by atoms with Crippen LogP contribution in [0.15, 0.2) is 36.4 Å². The highest BCUT2D eigenvalue weighted by Crippen LogP contribution is 2.42. The first-order valence-corrected chi connectivity index (χ1v) is 12.2. The summed E-state index contributed by atoms with van der Waals surface area (Å²) in [6.45, 7) is 5.88. The van der Waals surface area contributed by atoms with E-state index in [-0.39, 0.29) is 29.5 Å². The molecule has 4 atom stereocenters. The van der Waals surface area contributed by atoms with Gasteiger partial charge in [0.25, 0.3) is 0 Å². The van der Waals surface area contributed by atoms with Crippen LogP contribution in [-0.2, 0) is 35.0 Å². The van der Waals surface area contributed by atoms with E-state index in [1.165, 1.54) is 0 Å². The third kappa shape index (κ3) is 6.12. The number of halogens is 6. The van der Waals surface area contributed by atoms with Crippen LogP contribution < -0.4 is 10.6 Å². The van der Waals surface area contributed by atoms with E-state index in [1.807, 2.05) is 32.9 Å². The SMILES string of the molecule is Cc1ccc(CNC(=O)C2CC3(C)NC2CCC3OCc2cc(C(F)(F)F)cc(C(F)(F)F)c2)c(C)c1. The van der Waals surface area contributed by atoms with Gasteiger partial charge in [-0.3, -0.25) is 4.79 Å². The molecule has 0 spiro atoms. The first kappa shape index (κ1) is 27.4. The van der Waals surface area contributed by atoms with E-state index < -0.39 is 41.7 Å². The quantitative estimate of drug-likeness (QED) is 0.448. The predicted octanol–water partition coefficient (Wildman–Crippen LogP) is 6.07. The number of piperidine rings is 1. The van der Waals surface area contributed by atoms with Gasteiger partial charge in [-0.2, -0.15) is 26.3 Å². The Morgan fingerprint density at radius 3 is 2.27 bits per heavy atom. The van der Waals surface area contributed by atoms with Crippen molar-refractivity contribution in [3.05, 3.63) is 69.8 Å². The largest absolute Gasteiger partial charge is 0.416 e. The van der Waals surface area contributed by atoms with Crippen molar-refractivity contribution >= 4 is 5.91 Å². The molecule has 0 saturated carbocycles. The van der Waals surface area contributed by atoms with Gasteiger partial charge in [0, 0.05) is 18.1 Å². The number of amides is 1. The molecule has 4 rings (SSSR count). The Bertz CT molecular complexity index is 1130. The number of nitrogens with one attached hydrogen (secondary N) is 2. The zero-order valence-corrected chi connectivity index (χ0v) is 20.8. The standard InChI is InChI=1S/C27H30F6N2O2/c1-15-4-5-18(16(2)8-15)13-34-24(36)21-12-25(3)23(7-6-22(21)35-25)37-14-17-9-19(26(28,29)30)11-20(10-17)27(31,32)33/h4-5,8-11,21-23,35H,6-7,12-14H2,1-3H3,(H,34,36). The number of carbonyl (C=O) groups excluding carboxylic acids is 1. The Morgan fingerprint density at radius 2 is 1.68 bits per heavy atom. The van der Waals surface area contributed by atoms with Crippen molar-refractivity contribution in [1.82, 2.24) is 10.6 Å². The van der Waals surface area contributed by atoms with Crippen LogP contribution in [0, 0.1) is 19.8 Å². The minimum Gasteiger partial charge on any atom is -0.372 e. The highest BCUT2D eigenvalue weighted by Gasteiger charge is 2.52. The minimum absolute atomic E-state index is 0.0747. The van der Waals surface area contributed by atoms with Gasteiger partial charge in [0.05, 0.1) is 29.8 Å². The highest BCUT2D eigenvalue weighted by molar-refractivity contribution is 5.80. The van der Waals surface area contributed by atoms with Crippen molar-refractivity contribution in [3.63, 3.8) is 0 Å². The molecule has 0 aliphatic carbocycles. The maximum atomic E-state index is 13.2. The summed E-state index contributed by atoms with van der Waals surface area (Å²) in [4.78, 5) is 13.0. The lowest BCUT2D eigenvalue weighted by Gasteiger charge is -2.39. The Morgan fingerprint density at radius 1 is 1.03 bits per heavy atom. The number of rotatable bonds is 6. The molecule has 1 amide bonds. The zero-order valence-electron chi connectivity index (χ0n) is 20.8. The molecule has 202 valence electrons. The molecule has 10 heteroatoms. The van der Waals surface area contributed by atoms with Crippen molar-refractivity contribution in [3.8, 4) is 0 Å². The average molecular weight is 529 g/mol. The van der Waals surface area contributed by atoms with Crippen LogP contribution in [0.5, 0.6) is 0 Å². The van der Waals surface area contributed by atoms with Crippen molar-refractivity contribution in [2.75, 3.05) is 0 Å². The molecule has 4 unspecified atom stereocenters. The number of aryl methyl sites for hydroxylation is 2. The van der Waals surface area contributed by atoms with E-state index in [9.17, 15) is 31.1 Å². The summed E-state index contributed by atoms with van der Waals surface area (Å²) in [5.41, 5.74) is -0.300. The van der Waals surface area contributed by atoms with Gasteiger partial charge in [-0.05, 0) is 74.9 Å². The second kappa shape index (κ2) is 9.94. The number of carbonyl (C=O) groups is 1. The molecule has 2 fully saturated rings. The first-order valence-electron chi connectivity index (χ1n) is 12.2. The summed E-state index contributed by atoms with van der Waals surface area (Å²) in [7, 11) is 0. The van der Waals surface area contributed by atoms with Gasteiger partial charge in [0.2, 0.25) is 5.91 Å². The maximum Gasteiger partial charge on any atom is 0.416 e. The van der Waals surface area contributed by atoms with Crippen molar-refractivity contribution < 1.29 is 35.9 Å². The maximum absolute atomic E-state index is 13.2. The van der Waals surface area contributed by atoms with Crippen LogP contribution in [0.4, 0.5) is 26.3 Å². The summed E-state index contributed by atoms with van der Waals surface area (Å²) >= 11 is 0. The van der Waals surface area contributed by atoms with Gasteiger partial charge < -0.3 is 15.4 Å². The molecule has 2 aromatic carbocycles. The number of ether oxygens (including phenoxy) is 1. The van der Waals surface area contributed by atoms with E-state index in [4.69, 9.17) is 4.74 Å². The Labute approximate surface area is 211 Å². The molecule has 2 heterocycles. The monoisotopic (exact) mass is 528 g/mol. The number of benzene rings is 2. The smallest absolute Gasteiger partial charge is 0.372 e. The summed E-state index contributed by atoms with van der Waals surface area (Å²) in [6.07, 6.45) is -8.68. The van der Waals surface area contributed by atoms with E-state index in [2.05, 4.69) is 16.7 Å². The second-order valence-electron chi connectivity index (χ2n) is 10.4. The summed E-state index contributed by atoms with van der Waals surface area (Å²) in [6, 6.07) is 7.44. The molecule has 2 aliphatic rings. The van der Waals surface area contributed by atoms with Crippen molar-refractivity contribution in [1.29, 1.82) is 0 Å². The van der Waals surface area contributed by atoms with Crippen LogP contribution in [0.2, 0.25) is 0 Å². The van der Waals surface area contributed by atoms with Gasteiger partial charge in [0.15, 0.2) is 0 Å². The van der Waals surface area contributed by atoms with Crippen molar-refractivity contribution in [2.24, 2.45) is 5.92 Å². The topological polar surface area (TPSA) is 50.4 Å². The summed E-state index contributed by atoms with van der Waals surface area (Å²) < 4.78 is 85.0. The van der Waals surface area contributed by atoms with Gasteiger partial charge in [-0.1, -0.05) is 23.8 Å². The molecule has 37 heavy (non-hydrogen) atoms. The molecule has 4 nitrogen and oxygen atoms in total. The van der Waals surface area contributed by atoms with Crippen molar-refractivity contribution in [2.45, 2.75) is 83.2 Å². The van der Waals surface area contributed by atoms with Crippen LogP contribution >= 0.6 is 0 Å². The molecule has 2 saturated heterocycles. The molecule has 2 aromatic rings. The number of hydrogen-bond donors (Lipinski definition) is 2. The fourth-order valence-electron chi connectivity index (χ4n) is 5.53. The van der Waals surface area contributed by atoms with Gasteiger partial charge in [-0.25, -0.2) is 0 Å². The zero-order chi connectivity index (χ0) is 27.2. The second-order valence-corrected chi connectivity index (χ2v) is 10.4. The minimum atomic E-state index is -4.91. The van der Waals surface area contributed by atoms with Gasteiger partial charge >= 0.3 is 12.4 Å². The van der Waals surface area contributed by atoms with E-state index >= 15 is 0 Å². The number of hydrogen-bond acceptors (Lipinski definition) is 3. The van der Waals surface area contributed by atoms with Gasteiger partial charge in [-0.15, -0.1) is 0 Å². The molecule has 2 bridgehead atoms. The number of alkyl halides is 6. The van der Waals surface area contributed by atoms with Crippen LogP contribution in [0.1, 0.15) is 59.6 Å². The molecule has 0 radical (unpaired) electrons. The van der Waals surface area contributed by atoms with E-state index in [1.54, 1.807) is 0 Å². The Balaban J connectivity index is 1.41. The van der Waals surface area contributed by atoms with Crippen LogP contribution in [0.25, 0.3) is 0 Å². The lowest BCUT2D eigenvalue weighted by Crippen LogP contribution is -2.55. The third-order valence-corrected chi connectivity index (χ3v) is 7.48.